The van der Waals surface area contributed by atoms with Gasteiger partial charge >= 0.3 is 0 Å². The number of amides is 2. The molecular formula is C14H20N4O2S. The summed E-state index contributed by atoms with van der Waals surface area (Å²) in [4.78, 5) is 31.9. The monoisotopic (exact) mass is 308 g/mol. The molecule has 2 N–H and O–H groups in total. The van der Waals surface area contributed by atoms with Gasteiger partial charge in [0.2, 0.25) is 11.8 Å². The Balaban J connectivity index is 1.61. The molecule has 0 saturated carbocycles. The third-order valence-corrected chi connectivity index (χ3v) is 4.90. The zero-order valence-electron chi connectivity index (χ0n) is 12.0. The van der Waals surface area contributed by atoms with Crippen LogP contribution >= 0.6 is 11.3 Å². The van der Waals surface area contributed by atoms with Gasteiger partial charge < -0.3 is 10.6 Å². The fourth-order valence-electron chi connectivity index (χ4n) is 2.86. The van der Waals surface area contributed by atoms with E-state index in [1.807, 2.05) is 10.3 Å². The Bertz CT molecular complexity index is 545. The number of nitrogens with two attached hydrogens (primary N) is 1. The predicted octanol–water partition coefficient (Wildman–Crippen LogP) is 0.762. The summed E-state index contributed by atoms with van der Waals surface area (Å²) in [6.45, 7) is 2.16. The van der Waals surface area contributed by atoms with E-state index in [1.54, 1.807) is 4.90 Å². The number of hydrogen-bond acceptors (Lipinski definition) is 5. The fraction of sp³-hybridized carbons (Fsp3) is 0.643. The lowest BCUT2D eigenvalue weighted by Gasteiger charge is -2.30. The van der Waals surface area contributed by atoms with Crippen molar-refractivity contribution in [1.82, 2.24) is 9.88 Å². The van der Waals surface area contributed by atoms with Crippen LogP contribution in [-0.4, -0.2) is 47.4 Å². The van der Waals surface area contributed by atoms with E-state index < -0.39 is 0 Å². The molecule has 6 nitrogen and oxygen atoms in total. The van der Waals surface area contributed by atoms with E-state index in [4.69, 9.17) is 5.73 Å². The Morgan fingerprint density at radius 1 is 1.43 bits per heavy atom. The van der Waals surface area contributed by atoms with Crippen molar-refractivity contribution < 1.29 is 9.59 Å². The molecule has 2 fully saturated rings. The number of nitrogens with zero attached hydrogens (tertiary/aromatic N) is 3. The van der Waals surface area contributed by atoms with Crippen molar-refractivity contribution in [2.75, 3.05) is 24.5 Å². The van der Waals surface area contributed by atoms with Gasteiger partial charge in [0.1, 0.15) is 0 Å². The van der Waals surface area contributed by atoms with Crippen LogP contribution < -0.4 is 10.6 Å². The first-order valence-corrected chi connectivity index (χ1v) is 8.29. The van der Waals surface area contributed by atoms with Crippen molar-refractivity contribution in [3.05, 3.63) is 11.1 Å². The van der Waals surface area contributed by atoms with Crippen LogP contribution in [0.5, 0.6) is 0 Å². The molecule has 114 valence electrons. The standard InChI is InChI=1S/C14H20N4O2S/c15-10-3-1-5-17(8-10)13(20)7-11-9-21-14(16-11)18-6-2-4-12(18)19/h9-10H,1-8,15H2. The van der Waals surface area contributed by atoms with E-state index in [0.717, 1.165) is 43.2 Å². The number of hydrogen-bond donors (Lipinski definition) is 1. The molecule has 2 amide bonds. The number of likely N-dealkylation sites (tertiary alicyclic amines) is 1. The first kappa shape index (κ1) is 14.5. The molecule has 21 heavy (non-hydrogen) atoms. The number of anilines is 1. The molecule has 1 aromatic heterocycles. The summed E-state index contributed by atoms with van der Waals surface area (Å²) in [5, 5.41) is 2.60. The van der Waals surface area contributed by atoms with Crippen molar-refractivity contribution in [2.45, 2.75) is 38.1 Å². The molecule has 7 heteroatoms. The SMILES string of the molecule is NC1CCCN(C(=O)Cc2csc(N3CCCC3=O)n2)C1. The molecular weight excluding hydrogens is 288 g/mol. The van der Waals surface area contributed by atoms with Gasteiger partial charge in [-0.05, 0) is 19.3 Å². The smallest absolute Gasteiger partial charge is 0.228 e. The van der Waals surface area contributed by atoms with E-state index in [-0.39, 0.29) is 17.9 Å². The van der Waals surface area contributed by atoms with E-state index in [0.29, 0.717) is 19.4 Å². The topological polar surface area (TPSA) is 79.5 Å². The van der Waals surface area contributed by atoms with Gasteiger partial charge in [0, 0.05) is 37.5 Å². The maximum absolute atomic E-state index is 12.3. The second kappa shape index (κ2) is 6.11. The molecule has 3 heterocycles. The van der Waals surface area contributed by atoms with Crippen molar-refractivity contribution in [1.29, 1.82) is 0 Å². The molecule has 0 aromatic carbocycles. The summed E-state index contributed by atoms with van der Waals surface area (Å²) in [5.74, 6) is 0.207. The highest BCUT2D eigenvalue weighted by Gasteiger charge is 2.25. The molecule has 0 radical (unpaired) electrons. The van der Waals surface area contributed by atoms with Gasteiger partial charge in [-0.2, -0.15) is 0 Å². The summed E-state index contributed by atoms with van der Waals surface area (Å²) < 4.78 is 0. The highest BCUT2D eigenvalue weighted by Crippen LogP contribution is 2.25. The maximum atomic E-state index is 12.3. The van der Waals surface area contributed by atoms with Crippen LogP contribution in [0.4, 0.5) is 5.13 Å². The molecule has 1 unspecified atom stereocenters. The van der Waals surface area contributed by atoms with E-state index in [1.165, 1.54) is 11.3 Å². The third-order valence-electron chi connectivity index (χ3n) is 3.99. The average molecular weight is 308 g/mol. The highest BCUT2D eigenvalue weighted by atomic mass is 32.1. The molecule has 2 aliphatic rings. The van der Waals surface area contributed by atoms with Crippen LogP contribution in [0.2, 0.25) is 0 Å². The van der Waals surface area contributed by atoms with Crippen LogP contribution in [0.25, 0.3) is 0 Å². The molecule has 2 aliphatic heterocycles. The number of carbonyl (C=O) groups is 2. The minimum Gasteiger partial charge on any atom is -0.341 e. The lowest BCUT2D eigenvalue weighted by molar-refractivity contribution is -0.131. The molecule has 0 spiro atoms. The molecule has 1 atom stereocenters. The summed E-state index contributed by atoms with van der Waals surface area (Å²) in [6.07, 6.45) is 3.74. The normalized spacial score (nSPS) is 22.9. The van der Waals surface area contributed by atoms with Gasteiger partial charge in [-0.3, -0.25) is 14.5 Å². The summed E-state index contributed by atoms with van der Waals surface area (Å²) in [5.41, 5.74) is 6.66. The van der Waals surface area contributed by atoms with Gasteiger partial charge in [0.15, 0.2) is 5.13 Å². The maximum Gasteiger partial charge on any atom is 0.228 e. The Kier molecular flexibility index (Phi) is 4.21. The quantitative estimate of drug-likeness (QED) is 0.894. The first-order valence-electron chi connectivity index (χ1n) is 7.41. The van der Waals surface area contributed by atoms with Gasteiger partial charge in [-0.15, -0.1) is 11.3 Å². The van der Waals surface area contributed by atoms with Crippen molar-refractivity contribution in [3.8, 4) is 0 Å². The Morgan fingerprint density at radius 3 is 3.00 bits per heavy atom. The lowest BCUT2D eigenvalue weighted by atomic mass is 10.1. The van der Waals surface area contributed by atoms with Crippen LogP contribution in [-0.2, 0) is 16.0 Å². The first-order chi connectivity index (χ1) is 10.1. The number of thiazole rings is 1. The van der Waals surface area contributed by atoms with Crippen LogP contribution in [0.15, 0.2) is 5.38 Å². The van der Waals surface area contributed by atoms with Crippen molar-refractivity contribution >= 4 is 28.3 Å². The molecule has 1 aromatic rings. The minimum absolute atomic E-state index is 0.0785. The molecule has 0 bridgehead atoms. The second-order valence-corrected chi connectivity index (χ2v) is 6.53. The molecule has 2 saturated heterocycles. The summed E-state index contributed by atoms with van der Waals surface area (Å²) in [7, 11) is 0. The Morgan fingerprint density at radius 2 is 2.29 bits per heavy atom. The average Bonchev–Trinajstić information content (AvgIpc) is 3.07. The molecule has 3 rings (SSSR count). The van der Waals surface area contributed by atoms with Gasteiger partial charge in [-0.25, -0.2) is 4.98 Å². The Labute approximate surface area is 127 Å². The number of carbonyl (C=O) groups excluding carboxylic acids is 2. The summed E-state index contributed by atoms with van der Waals surface area (Å²) in [6, 6.07) is 0.0934. The highest BCUT2D eigenvalue weighted by molar-refractivity contribution is 7.14. The molecule has 0 aliphatic carbocycles. The lowest BCUT2D eigenvalue weighted by Crippen LogP contribution is -2.46. The zero-order valence-corrected chi connectivity index (χ0v) is 12.8. The van der Waals surface area contributed by atoms with Crippen LogP contribution in [0, 0.1) is 0 Å². The van der Waals surface area contributed by atoms with Gasteiger partial charge in [0.05, 0.1) is 12.1 Å². The Hall–Kier alpha value is -1.47. The number of rotatable bonds is 3. The third kappa shape index (κ3) is 3.24. The van der Waals surface area contributed by atoms with E-state index >= 15 is 0 Å². The van der Waals surface area contributed by atoms with Crippen molar-refractivity contribution in [2.24, 2.45) is 5.73 Å². The van der Waals surface area contributed by atoms with Gasteiger partial charge in [0.25, 0.3) is 0 Å². The number of aromatic nitrogens is 1. The van der Waals surface area contributed by atoms with Crippen LogP contribution in [0.1, 0.15) is 31.4 Å². The van der Waals surface area contributed by atoms with Crippen molar-refractivity contribution in [3.63, 3.8) is 0 Å². The van der Waals surface area contributed by atoms with E-state index in [2.05, 4.69) is 4.98 Å². The number of piperidine rings is 1. The fourth-order valence-corrected chi connectivity index (χ4v) is 3.72. The second-order valence-electron chi connectivity index (χ2n) is 5.69. The zero-order chi connectivity index (χ0) is 14.8. The minimum atomic E-state index is 0.0785. The predicted molar refractivity (Wildman–Crippen MR) is 81.2 cm³/mol. The van der Waals surface area contributed by atoms with E-state index in [9.17, 15) is 9.59 Å². The largest absolute Gasteiger partial charge is 0.341 e. The van der Waals surface area contributed by atoms with Crippen LogP contribution in [0.3, 0.4) is 0 Å². The van der Waals surface area contributed by atoms with Gasteiger partial charge in [-0.1, -0.05) is 0 Å². The summed E-state index contributed by atoms with van der Waals surface area (Å²) >= 11 is 1.44.